The summed E-state index contributed by atoms with van der Waals surface area (Å²) in [5.74, 6) is 0.292. The summed E-state index contributed by atoms with van der Waals surface area (Å²) in [4.78, 5) is 31.5. The first-order valence-electron chi connectivity index (χ1n) is 9.96. The number of amides is 1. The second-order valence-corrected chi connectivity index (χ2v) is 8.23. The minimum Gasteiger partial charge on any atom is -0.472 e. The van der Waals surface area contributed by atoms with Gasteiger partial charge in [0.15, 0.2) is 0 Å². The van der Waals surface area contributed by atoms with Crippen molar-refractivity contribution in [2.45, 2.75) is 45.2 Å². The molecule has 0 radical (unpaired) electrons. The number of aromatic nitrogens is 4. The van der Waals surface area contributed by atoms with Crippen molar-refractivity contribution < 1.29 is 19.6 Å². The number of nitro groups is 1. The van der Waals surface area contributed by atoms with Gasteiger partial charge in [-0.3, -0.25) is 14.8 Å². The highest BCUT2D eigenvalue weighted by atomic mass is 35.5. The Bertz CT molecular complexity index is 1000. The lowest BCUT2D eigenvalue weighted by Crippen LogP contribution is -2.40. The van der Waals surface area contributed by atoms with E-state index < -0.39 is 11.0 Å². The van der Waals surface area contributed by atoms with Crippen LogP contribution in [0.1, 0.15) is 37.9 Å². The molecule has 0 saturated carbocycles. The van der Waals surface area contributed by atoms with Gasteiger partial charge in [0.25, 0.3) is 0 Å². The van der Waals surface area contributed by atoms with Crippen LogP contribution in [0.4, 0.5) is 16.3 Å². The summed E-state index contributed by atoms with van der Waals surface area (Å²) in [6.07, 6.45) is 2.16. The van der Waals surface area contributed by atoms with Crippen molar-refractivity contribution in [3.8, 4) is 5.88 Å². The quantitative estimate of drug-likeness (QED) is 0.322. The van der Waals surface area contributed by atoms with E-state index in [0.717, 1.165) is 0 Å². The van der Waals surface area contributed by atoms with Crippen molar-refractivity contribution in [1.82, 2.24) is 24.6 Å². The van der Waals surface area contributed by atoms with Crippen LogP contribution in [0.3, 0.4) is 0 Å². The summed E-state index contributed by atoms with van der Waals surface area (Å²) in [6.45, 7) is 4.26. The summed E-state index contributed by atoms with van der Waals surface area (Å²) in [7, 11) is 0. The molecule has 12 nitrogen and oxygen atoms in total. The Labute approximate surface area is 193 Å². The molecule has 1 aliphatic heterocycles. The van der Waals surface area contributed by atoms with Gasteiger partial charge >= 0.3 is 17.7 Å². The van der Waals surface area contributed by atoms with Gasteiger partial charge in [-0.1, -0.05) is 11.6 Å². The zero-order valence-electron chi connectivity index (χ0n) is 17.5. The predicted molar refractivity (Wildman–Crippen MR) is 117 cm³/mol. The summed E-state index contributed by atoms with van der Waals surface area (Å²) in [5.41, 5.74) is 0.111. The molecule has 174 valence electrons. The molecule has 3 heterocycles. The molecule has 2 atom stereocenters. The smallest absolute Gasteiger partial charge is 0.407 e. The van der Waals surface area contributed by atoms with Crippen LogP contribution in [0, 0.1) is 17.0 Å². The van der Waals surface area contributed by atoms with Crippen LogP contribution in [0.15, 0.2) is 6.20 Å². The van der Waals surface area contributed by atoms with Gasteiger partial charge in [0, 0.05) is 25.6 Å². The fraction of sp³-hybridized carbons (Fsp3) is 0.556. The van der Waals surface area contributed by atoms with Gasteiger partial charge in [0.05, 0.1) is 23.8 Å². The van der Waals surface area contributed by atoms with E-state index in [-0.39, 0.29) is 42.1 Å². The average molecular weight is 488 g/mol. The first-order chi connectivity index (χ1) is 15.2. The maximum Gasteiger partial charge on any atom is 0.407 e. The van der Waals surface area contributed by atoms with Gasteiger partial charge in [0.1, 0.15) is 16.5 Å². The molecule has 1 aliphatic rings. The van der Waals surface area contributed by atoms with E-state index in [9.17, 15) is 20.0 Å². The van der Waals surface area contributed by atoms with Gasteiger partial charge in [-0.2, -0.15) is 4.98 Å². The maximum atomic E-state index is 11.6. The molecule has 0 aliphatic carbocycles. The maximum absolute atomic E-state index is 11.6. The lowest BCUT2D eigenvalue weighted by Gasteiger charge is -2.31. The molecule has 0 spiro atoms. The minimum absolute atomic E-state index is 0.0566. The number of rotatable bonds is 8. The van der Waals surface area contributed by atoms with Crippen LogP contribution < -0.4 is 10.1 Å². The molecule has 0 bridgehead atoms. The highest BCUT2D eigenvalue weighted by molar-refractivity contribution is 6.33. The molecule has 2 aromatic heterocycles. The van der Waals surface area contributed by atoms with Crippen molar-refractivity contribution in [3.63, 3.8) is 0 Å². The second-order valence-electron chi connectivity index (χ2n) is 7.48. The van der Waals surface area contributed by atoms with Crippen LogP contribution >= 0.6 is 23.2 Å². The fourth-order valence-corrected chi connectivity index (χ4v) is 3.84. The number of hydrogen-bond donors (Lipinski definition) is 2. The van der Waals surface area contributed by atoms with Crippen molar-refractivity contribution in [1.29, 1.82) is 0 Å². The van der Waals surface area contributed by atoms with Gasteiger partial charge in [-0.05, 0) is 38.3 Å². The standard InChI is InChI=1S/C18H23Cl2N7O5/c1-10(22-15-13(19)8-21-17(20)23-15)5-7-32-16-14(27(30)31)11(2)26(24-16)12-4-3-6-25(9-12)18(28)29/h8,10,12H,3-7,9H2,1-2H3,(H,28,29)(H,21,22,23). The molecule has 1 fully saturated rings. The van der Waals surface area contributed by atoms with Crippen molar-refractivity contribution in [2.75, 3.05) is 25.0 Å². The number of carboxylic acid groups (broad SMARTS) is 1. The van der Waals surface area contributed by atoms with Crippen LogP contribution in [0.2, 0.25) is 10.3 Å². The second kappa shape index (κ2) is 10.2. The normalized spacial score (nSPS) is 17.1. The number of halogens is 2. The van der Waals surface area contributed by atoms with Gasteiger partial charge in [-0.15, -0.1) is 5.10 Å². The van der Waals surface area contributed by atoms with Crippen LogP contribution in [-0.2, 0) is 0 Å². The SMILES string of the molecule is Cc1c([N+](=O)[O-])c(OCCC(C)Nc2nc(Cl)ncc2Cl)nn1C1CCCN(C(=O)O)C1. The third-order valence-corrected chi connectivity index (χ3v) is 5.63. The molecule has 14 heteroatoms. The topological polar surface area (TPSA) is 149 Å². The molecule has 2 unspecified atom stereocenters. The number of anilines is 1. The van der Waals surface area contributed by atoms with Gasteiger partial charge < -0.3 is 20.1 Å². The summed E-state index contributed by atoms with van der Waals surface area (Å²) in [6, 6.07) is -0.427. The van der Waals surface area contributed by atoms with Crippen LogP contribution in [0.5, 0.6) is 5.88 Å². The molecule has 0 aromatic carbocycles. The van der Waals surface area contributed by atoms with Gasteiger partial charge in [-0.25, -0.2) is 9.78 Å². The van der Waals surface area contributed by atoms with Crippen LogP contribution in [-0.4, -0.2) is 66.5 Å². The highest BCUT2D eigenvalue weighted by Gasteiger charge is 2.32. The zero-order chi connectivity index (χ0) is 23.4. The third-order valence-electron chi connectivity index (χ3n) is 5.17. The molecule has 2 aromatic rings. The lowest BCUT2D eigenvalue weighted by atomic mass is 10.1. The first-order valence-corrected chi connectivity index (χ1v) is 10.7. The first kappa shape index (κ1) is 23.8. The molecule has 1 amide bonds. The van der Waals surface area contributed by atoms with E-state index in [4.69, 9.17) is 27.9 Å². The van der Waals surface area contributed by atoms with Crippen molar-refractivity contribution >= 4 is 40.8 Å². The molecule has 1 saturated heterocycles. The minimum atomic E-state index is -1.02. The van der Waals surface area contributed by atoms with Crippen LogP contribution in [0.25, 0.3) is 0 Å². The fourth-order valence-electron chi connectivity index (χ4n) is 3.56. The number of carbonyl (C=O) groups is 1. The van der Waals surface area contributed by atoms with E-state index in [0.29, 0.717) is 42.3 Å². The highest BCUT2D eigenvalue weighted by Crippen LogP contribution is 2.34. The summed E-state index contributed by atoms with van der Waals surface area (Å²) >= 11 is 11.8. The lowest BCUT2D eigenvalue weighted by molar-refractivity contribution is -0.386. The van der Waals surface area contributed by atoms with Gasteiger partial charge in [0.2, 0.25) is 5.28 Å². The average Bonchev–Trinajstić information content (AvgIpc) is 3.07. The monoisotopic (exact) mass is 487 g/mol. The molecule has 32 heavy (non-hydrogen) atoms. The zero-order valence-corrected chi connectivity index (χ0v) is 19.0. The van der Waals surface area contributed by atoms with Crippen molar-refractivity contribution in [2.24, 2.45) is 0 Å². The Morgan fingerprint density at radius 2 is 2.25 bits per heavy atom. The Kier molecular flexibility index (Phi) is 7.56. The molecule has 3 rings (SSSR count). The number of likely N-dealkylation sites (tertiary alicyclic amines) is 1. The number of nitrogens with zero attached hydrogens (tertiary/aromatic N) is 6. The van der Waals surface area contributed by atoms with E-state index >= 15 is 0 Å². The Morgan fingerprint density at radius 3 is 2.94 bits per heavy atom. The van der Waals surface area contributed by atoms with E-state index in [2.05, 4.69) is 20.4 Å². The van der Waals surface area contributed by atoms with E-state index in [1.807, 2.05) is 6.92 Å². The summed E-state index contributed by atoms with van der Waals surface area (Å²) in [5, 5.41) is 28.7. The number of nitrogens with one attached hydrogen (secondary N) is 1. The Hall–Kier alpha value is -2.86. The predicted octanol–water partition coefficient (Wildman–Crippen LogP) is 3.78. The number of ether oxygens (including phenoxy) is 1. The molecular formula is C18H23Cl2N7O5. The van der Waals surface area contributed by atoms with E-state index in [1.54, 1.807) is 6.92 Å². The number of hydrogen-bond acceptors (Lipinski definition) is 8. The summed E-state index contributed by atoms with van der Waals surface area (Å²) < 4.78 is 7.16. The number of piperidine rings is 1. The van der Waals surface area contributed by atoms with E-state index in [1.165, 1.54) is 15.8 Å². The third kappa shape index (κ3) is 5.49. The molecular weight excluding hydrogens is 465 g/mol. The largest absolute Gasteiger partial charge is 0.472 e. The Morgan fingerprint density at radius 1 is 1.50 bits per heavy atom. The Balaban J connectivity index is 1.67. The molecule has 2 N–H and O–H groups in total. The van der Waals surface area contributed by atoms with Crippen molar-refractivity contribution in [3.05, 3.63) is 32.3 Å².